The van der Waals surface area contributed by atoms with Gasteiger partial charge in [-0.1, -0.05) is 41.4 Å². The van der Waals surface area contributed by atoms with Crippen molar-refractivity contribution >= 4 is 35.1 Å². The highest BCUT2D eigenvalue weighted by Crippen LogP contribution is 2.25. The first-order valence-corrected chi connectivity index (χ1v) is 8.34. The Morgan fingerprint density at radius 3 is 2.58 bits per heavy atom. The van der Waals surface area contributed by atoms with E-state index < -0.39 is 23.8 Å². The van der Waals surface area contributed by atoms with Crippen molar-refractivity contribution in [2.24, 2.45) is 0 Å². The molecular weight excluding hydrogens is 384 g/mol. The van der Waals surface area contributed by atoms with Crippen molar-refractivity contribution in [3.05, 3.63) is 63.4 Å². The number of benzene rings is 2. The average Bonchev–Trinajstić information content (AvgIpc) is 2.62. The summed E-state index contributed by atoms with van der Waals surface area (Å²) >= 11 is 11.5. The number of methoxy groups -OCH3 is 1. The van der Waals surface area contributed by atoms with Crippen molar-refractivity contribution < 1.29 is 23.5 Å². The quantitative estimate of drug-likeness (QED) is 0.588. The smallest absolute Gasteiger partial charge is 0.340 e. The lowest BCUT2D eigenvalue weighted by Gasteiger charge is -2.15. The molecule has 2 aromatic carbocycles. The molecule has 26 heavy (non-hydrogen) atoms. The zero-order valence-corrected chi connectivity index (χ0v) is 15.5. The third-order valence-electron chi connectivity index (χ3n) is 3.53. The molecule has 0 aliphatic rings. The van der Waals surface area contributed by atoms with E-state index in [4.69, 9.17) is 32.7 Å². The summed E-state index contributed by atoms with van der Waals surface area (Å²) < 4.78 is 23.7. The molecule has 1 amide bonds. The van der Waals surface area contributed by atoms with Gasteiger partial charge in [-0.15, -0.1) is 0 Å². The normalized spacial score (nSPS) is 11.6. The molecule has 138 valence electrons. The first kappa shape index (κ1) is 20.0. The van der Waals surface area contributed by atoms with Gasteiger partial charge in [0.1, 0.15) is 11.6 Å². The fraction of sp³-hybridized carbons (Fsp3) is 0.222. The van der Waals surface area contributed by atoms with Crippen LogP contribution >= 0.6 is 23.2 Å². The molecule has 1 atom stereocenters. The molecule has 2 aromatic rings. The van der Waals surface area contributed by atoms with Crippen molar-refractivity contribution in [3.8, 4) is 5.75 Å². The Morgan fingerprint density at radius 2 is 1.88 bits per heavy atom. The van der Waals surface area contributed by atoms with Crippen molar-refractivity contribution in [2.45, 2.75) is 19.6 Å². The summed E-state index contributed by atoms with van der Waals surface area (Å²) in [4.78, 5) is 24.2. The minimum absolute atomic E-state index is 0.0666. The van der Waals surface area contributed by atoms with Gasteiger partial charge in [0.2, 0.25) is 0 Å². The Morgan fingerprint density at radius 1 is 1.19 bits per heavy atom. The number of rotatable bonds is 6. The number of carbonyl (C=O) groups excluding carboxylic acids is 2. The number of hydrogen-bond acceptors (Lipinski definition) is 4. The highest BCUT2D eigenvalue weighted by atomic mass is 35.5. The van der Waals surface area contributed by atoms with E-state index in [0.717, 1.165) is 17.7 Å². The van der Waals surface area contributed by atoms with E-state index in [1.165, 1.54) is 14.0 Å². The number of hydrogen-bond donors (Lipinski definition) is 1. The monoisotopic (exact) mass is 399 g/mol. The van der Waals surface area contributed by atoms with Gasteiger partial charge in [0, 0.05) is 12.1 Å². The summed E-state index contributed by atoms with van der Waals surface area (Å²) in [6.45, 7) is 1.59. The average molecular weight is 400 g/mol. The fourth-order valence-corrected chi connectivity index (χ4v) is 2.59. The van der Waals surface area contributed by atoms with E-state index in [1.54, 1.807) is 12.1 Å². The van der Waals surface area contributed by atoms with Crippen LogP contribution in [0.3, 0.4) is 0 Å². The fourth-order valence-electron chi connectivity index (χ4n) is 2.13. The van der Waals surface area contributed by atoms with Crippen molar-refractivity contribution in [1.29, 1.82) is 0 Å². The molecule has 0 saturated carbocycles. The van der Waals surface area contributed by atoms with E-state index >= 15 is 0 Å². The molecular formula is C18H16Cl2FNO4. The van der Waals surface area contributed by atoms with Crippen LogP contribution in [0.2, 0.25) is 10.0 Å². The number of esters is 1. The number of amides is 1. The number of ether oxygens (including phenoxy) is 2. The first-order chi connectivity index (χ1) is 12.3. The van der Waals surface area contributed by atoms with Gasteiger partial charge >= 0.3 is 5.97 Å². The van der Waals surface area contributed by atoms with Crippen LogP contribution in [-0.4, -0.2) is 25.1 Å². The molecule has 0 radical (unpaired) electrons. The van der Waals surface area contributed by atoms with E-state index in [9.17, 15) is 14.0 Å². The lowest BCUT2D eigenvalue weighted by molar-refractivity contribution is -0.129. The standard InChI is InChI=1S/C18H16Cl2FNO4/c1-10(17(23)22-9-11-5-3-4-6-16(11)25-2)26-18(24)12-7-15(21)14(20)8-13(12)19/h3-8,10H,9H2,1-2H3,(H,22,23)/t10-/m0/s1. The SMILES string of the molecule is COc1ccccc1CNC(=O)[C@H](C)OC(=O)c1cc(F)c(Cl)cc1Cl. The van der Waals surface area contributed by atoms with Gasteiger partial charge in [-0.3, -0.25) is 4.79 Å². The Hall–Kier alpha value is -2.31. The molecule has 2 rings (SSSR count). The predicted molar refractivity (Wildman–Crippen MR) is 96.1 cm³/mol. The van der Waals surface area contributed by atoms with Crippen molar-refractivity contribution in [2.75, 3.05) is 7.11 Å². The lowest BCUT2D eigenvalue weighted by Crippen LogP contribution is -2.35. The van der Waals surface area contributed by atoms with Gasteiger partial charge in [0.15, 0.2) is 6.10 Å². The topological polar surface area (TPSA) is 64.6 Å². The Bertz CT molecular complexity index is 829. The zero-order chi connectivity index (χ0) is 19.3. The van der Waals surface area contributed by atoms with Crippen LogP contribution in [0.5, 0.6) is 5.75 Å². The van der Waals surface area contributed by atoms with Crippen LogP contribution in [0.25, 0.3) is 0 Å². The molecule has 8 heteroatoms. The number of nitrogens with one attached hydrogen (secondary N) is 1. The predicted octanol–water partition coefficient (Wildman–Crippen LogP) is 4.00. The minimum atomic E-state index is -1.10. The lowest BCUT2D eigenvalue weighted by atomic mass is 10.2. The molecule has 0 fully saturated rings. The molecule has 0 bridgehead atoms. The molecule has 0 heterocycles. The number of carbonyl (C=O) groups is 2. The molecule has 1 N–H and O–H groups in total. The van der Waals surface area contributed by atoms with Gasteiger partial charge in [0.05, 0.1) is 22.7 Å². The van der Waals surface area contributed by atoms with Crippen molar-refractivity contribution in [3.63, 3.8) is 0 Å². The van der Waals surface area contributed by atoms with Gasteiger partial charge < -0.3 is 14.8 Å². The summed E-state index contributed by atoms with van der Waals surface area (Å²) in [6.07, 6.45) is -1.10. The highest BCUT2D eigenvalue weighted by molar-refractivity contribution is 6.36. The molecule has 0 unspecified atom stereocenters. The summed E-state index contributed by atoms with van der Waals surface area (Å²) in [5, 5.41) is 2.36. The number of halogens is 3. The summed E-state index contributed by atoms with van der Waals surface area (Å²) in [6, 6.07) is 9.15. The molecule has 5 nitrogen and oxygen atoms in total. The molecule has 0 saturated heterocycles. The van der Waals surface area contributed by atoms with Crippen LogP contribution in [-0.2, 0) is 16.1 Å². The van der Waals surface area contributed by atoms with Crippen LogP contribution in [0.1, 0.15) is 22.8 Å². The molecule has 0 aromatic heterocycles. The van der Waals surface area contributed by atoms with Gasteiger partial charge in [-0.05, 0) is 25.1 Å². The zero-order valence-electron chi connectivity index (χ0n) is 14.0. The van der Waals surface area contributed by atoms with Gasteiger partial charge in [0.25, 0.3) is 5.91 Å². The minimum Gasteiger partial charge on any atom is -0.496 e. The second kappa shape index (κ2) is 8.87. The number of para-hydroxylation sites is 1. The van der Waals surface area contributed by atoms with Crippen LogP contribution in [0.15, 0.2) is 36.4 Å². The summed E-state index contributed by atoms with van der Waals surface area (Å²) in [5.41, 5.74) is 0.558. The molecule has 0 aliphatic heterocycles. The highest BCUT2D eigenvalue weighted by Gasteiger charge is 2.22. The van der Waals surface area contributed by atoms with E-state index in [1.807, 2.05) is 12.1 Å². The molecule has 0 aliphatic carbocycles. The summed E-state index contributed by atoms with van der Waals surface area (Å²) in [7, 11) is 1.53. The summed E-state index contributed by atoms with van der Waals surface area (Å²) in [5.74, 6) is -1.63. The van der Waals surface area contributed by atoms with Crippen molar-refractivity contribution in [1.82, 2.24) is 5.32 Å². The van der Waals surface area contributed by atoms with Gasteiger partial charge in [-0.2, -0.15) is 0 Å². The Kier molecular flexibility index (Phi) is 6.83. The maximum absolute atomic E-state index is 13.5. The van der Waals surface area contributed by atoms with E-state index in [0.29, 0.717) is 5.75 Å². The van der Waals surface area contributed by atoms with Crippen LogP contribution in [0.4, 0.5) is 4.39 Å². The third-order valence-corrected chi connectivity index (χ3v) is 4.13. The Balaban J connectivity index is 1.98. The van der Waals surface area contributed by atoms with E-state index in [-0.39, 0.29) is 22.2 Å². The second-order valence-corrected chi connectivity index (χ2v) is 6.14. The van der Waals surface area contributed by atoms with Crippen LogP contribution < -0.4 is 10.1 Å². The maximum atomic E-state index is 13.5. The maximum Gasteiger partial charge on any atom is 0.340 e. The van der Waals surface area contributed by atoms with Crippen LogP contribution in [0, 0.1) is 5.82 Å². The van der Waals surface area contributed by atoms with E-state index in [2.05, 4.69) is 5.32 Å². The molecule has 0 spiro atoms. The third kappa shape index (κ3) is 4.86. The Labute approximate surface area is 160 Å². The largest absolute Gasteiger partial charge is 0.496 e. The second-order valence-electron chi connectivity index (χ2n) is 5.32. The van der Waals surface area contributed by atoms with Gasteiger partial charge in [-0.25, -0.2) is 9.18 Å². The first-order valence-electron chi connectivity index (χ1n) is 7.58.